The summed E-state index contributed by atoms with van der Waals surface area (Å²) in [7, 11) is 0. The summed E-state index contributed by atoms with van der Waals surface area (Å²) in [6, 6.07) is 9.52. The van der Waals surface area contributed by atoms with E-state index in [0.29, 0.717) is 5.56 Å². The highest BCUT2D eigenvalue weighted by Gasteiger charge is 2.14. The summed E-state index contributed by atoms with van der Waals surface area (Å²) in [5.74, 6) is 0.217. The van der Waals surface area contributed by atoms with Gasteiger partial charge in [-0.15, -0.1) is 0 Å². The molecule has 0 aliphatic carbocycles. The zero-order valence-electron chi connectivity index (χ0n) is 14.5. The smallest absolute Gasteiger partial charge is 0.249 e. The molecule has 2 aromatic carbocycles. The summed E-state index contributed by atoms with van der Waals surface area (Å²) in [5, 5.41) is 3.22. The van der Waals surface area contributed by atoms with Gasteiger partial charge in [0.2, 0.25) is 5.91 Å². The summed E-state index contributed by atoms with van der Waals surface area (Å²) >= 11 is 0. The third-order valence-electron chi connectivity index (χ3n) is 4.18. The summed E-state index contributed by atoms with van der Waals surface area (Å²) in [6.45, 7) is 8.38. The molecule has 0 aliphatic rings. The van der Waals surface area contributed by atoms with Crippen LogP contribution in [-0.4, -0.2) is 5.91 Å². The maximum absolute atomic E-state index is 12.0. The van der Waals surface area contributed by atoms with Crippen LogP contribution < -0.4 is 4.74 Å². The van der Waals surface area contributed by atoms with Gasteiger partial charge in [-0.3, -0.25) is 4.79 Å². The average molecular weight is 323 g/mol. The summed E-state index contributed by atoms with van der Waals surface area (Å²) in [5.41, 5.74) is 14.1. The van der Waals surface area contributed by atoms with E-state index in [4.69, 9.17) is 10.3 Å². The Balaban J connectivity index is 2.37. The van der Waals surface area contributed by atoms with Crippen LogP contribution in [0.3, 0.4) is 0 Å². The SMILES string of the molecule is CCc1cccc(C(=O)N=[N+]=[N-])c1COc1cc(C)c(C)cc1C. The van der Waals surface area contributed by atoms with E-state index in [1.54, 1.807) is 12.1 Å². The second kappa shape index (κ2) is 7.66. The predicted molar refractivity (Wildman–Crippen MR) is 94.3 cm³/mol. The minimum Gasteiger partial charge on any atom is -0.489 e. The number of hydrogen-bond donors (Lipinski definition) is 0. The van der Waals surface area contributed by atoms with Gasteiger partial charge in [0.25, 0.3) is 0 Å². The van der Waals surface area contributed by atoms with E-state index in [2.05, 4.69) is 23.0 Å². The van der Waals surface area contributed by atoms with Crippen molar-refractivity contribution < 1.29 is 9.53 Å². The topological polar surface area (TPSA) is 75.1 Å². The number of ether oxygens (including phenoxy) is 1. The van der Waals surface area contributed by atoms with Crippen LogP contribution in [-0.2, 0) is 13.0 Å². The summed E-state index contributed by atoms with van der Waals surface area (Å²) in [4.78, 5) is 14.6. The lowest BCUT2D eigenvalue weighted by Gasteiger charge is -2.15. The zero-order chi connectivity index (χ0) is 17.7. The molecule has 0 bridgehead atoms. The number of benzene rings is 2. The molecule has 124 valence electrons. The lowest BCUT2D eigenvalue weighted by molar-refractivity contribution is 0.0997. The molecule has 2 rings (SSSR count). The Morgan fingerprint density at radius 1 is 1.17 bits per heavy atom. The molecule has 0 heterocycles. The third kappa shape index (κ3) is 3.76. The van der Waals surface area contributed by atoms with Crippen molar-refractivity contribution in [3.05, 3.63) is 74.2 Å². The second-order valence-electron chi connectivity index (χ2n) is 5.78. The predicted octanol–water partition coefficient (Wildman–Crippen LogP) is 5.20. The van der Waals surface area contributed by atoms with Gasteiger partial charge in [-0.25, -0.2) is 0 Å². The maximum Gasteiger partial charge on any atom is 0.249 e. The Kier molecular flexibility index (Phi) is 5.61. The molecule has 0 N–H and O–H groups in total. The van der Waals surface area contributed by atoms with Crippen LogP contribution in [0.25, 0.3) is 10.4 Å². The van der Waals surface area contributed by atoms with E-state index < -0.39 is 5.91 Å². The van der Waals surface area contributed by atoms with Crippen molar-refractivity contribution in [3.63, 3.8) is 0 Å². The number of azide groups is 1. The molecule has 0 unspecified atom stereocenters. The van der Waals surface area contributed by atoms with Gasteiger partial charge < -0.3 is 4.74 Å². The van der Waals surface area contributed by atoms with E-state index in [0.717, 1.165) is 34.4 Å². The Bertz CT molecular complexity index is 822. The third-order valence-corrected chi connectivity index (χ3v) is 4.18. The number of amides is 1. The first-order valence-electron chi connectivity index (χ1n) is 7.88. The normalized spacial score (nSPS) is 10.2. The van der Waals surface area contributed by atoms with Crippen molar-refractivity contribution in [2.75, 3.05) is 0 Å². The van der Waals surface area contributed by atoms with Crippen molar-refractivity contribution in [1.29, 1.82) is 0 Å². The fraction of sp³-hybridized carbons (Fsp3) is 0.316. The molecule has 5 heteroatoms. The number of carbonyl (C=O) groups excluding carboxylic acids is 1. The van der Waals surface area contributed by atoms with E-state index in [1.807, 2.05) is 32.9 Å². The highest BCUT2D eigenvalue weighted by molar-refractivity contribution is 5.96. The number of carbonyl (C=O) groups is 1. The Hall–Kier alpha value is -2.78. The molecule has 0 saturated heterocycles. The Morgan fingerprint density at radius 3 is 2.54 bits per heavy atom. The molecule has 0 radical (unpaired) electrons. The highest BCUT2D eigenvalue weighted by atomic mass is 16.5. The molecule has 5 nitrogen and oxygen atoms in total. The molecule has 2 aromatic rings. The van der Waals surface area contributed by atoms with E-state index >= 15 is 0 Å². The second-order valence-corrected chi connectivity index (χ2v) is 5.78. The number of aryl methyl sites for hydroxylation is 4. The first kappa shape index (κ1) is 17.6. The maximum atomic E-state index is 12.0. The Morgan fingerprint density at radius 2 is 1.88 bits per heavy atom. The lowest BCUT2D eigenvalue weighted by Crippen LogP contribution is -2.08. The molecule has 0 saturated carbocycles. The van der Waals surface area contributed by atoms with Crippen LogP contribution in [0.1, 0.15) is 45.1 Å². The lowest BCUT2D eigenvalue weighted by atomic mass is 9.99. The molecular formula is C19H21N3O2. The van der Waals surface area contributed by atoms with Gasteiger partial charge in [0.1, 0.15) is 12.4 Å². The van der Waals surface area contributed by atoms with Crippen LogP contribution in [0, 0.1) is 20.8 Å². The zero-order valence-corrected chi connectivity index (χ0v) is 14.5. The summed E-state index contributed by atoms with van der Waals surface area (Å²) in [6.07, 6.45) is 0.766. The van der Waals surface area contributed by atoms with Gasteiger partial charge >= 0.3 is 0 Å². The molecule has 0 spiro atoms. The van der Waals surface area contributed by atoms with Gasteiger partial charge in [0, 0.05) is 16.0 Å². The van der Waals surface area contributed by atoms with Crippen molar-refractivity contribution >= 4 is 5.91 Å². The monoisotopic (exact) mass is 323 g/mol. The van der Waals surface area contributed by atoms with Gasteiger partial charge in [-0.2, -0.15) is 0 Å². The van der Waals surface area contributed by atoms with Crippen molar-refractivity contribution in [2.24, 2.45) is 5.11 Å². The Labute approximate surface area is 141 Å². The van der Waals surface area contributed by atoms with Gasteiger partial charge in [0.05, 0.1) is 0 Å². The molecule has 0 fully saturated rings. The van der Waals surface area contributed by atoms with Crippen molar-refractivity contribution in [2.45, 2.75) is 40.7 Å². The fourth-order valence-electron chi connectivity index (χ4n) is 2.67. The van der Waals surface area contributed by atoms with Gasteiger partial charge in [0.15, 0.2) is 0 Å². The first-order chi connectivity index (χ1) is 11.5. The summed E-state index contributed by atoms with van der Waals surface area (Å²) < 4.78 is 5.98. The quantitative estimate of drug-likeness (QED) is 0.430. The standard InChI is InChI=1S/C19H21N3O2/c1-5-15-7-6-8-16(19(23)21-22-20)17(15)11-24-18-10-13(3)12(2)9-14(18)4/h6-10H,5,11H2,1-4H3. The van der Waals surface area contributed by atoms with Crippen LogP contribution in [0.4, 0.5) is 0 Å². The molecule has 0 aliphatic heterocycles. The fourth-order valence-corrected chi connectivity index (χ4v) is 2.67. The average Bonchev–Trinajstić information content (AvgIpc) is 2.56. The van der Waals surface area contributed by atoms with Crippen LogP contribution in [0.2, 0.25) is 0 Å². The molecule has 24 heavy (non-hydrogen) atoms. The van der Waals surface area contributed by atoms with E-state index in [1.165, 1.54) is 5.56 Å². The van der Waals surface area contributed by atoms with E-state index in [-0.39, 0.29) is 6.61 Å². The molecule has 1 amide bonds. The van der Waals surface area contributed by atoms with Crippen LogP contribution in [0.5, 0.6) is 5.75 Å². The van der Waals surface area contributed by atoms with E-state index in [9.17, 15) is 4.79 Å². The van der Waals surface area contributed by atoms with Crippen LogP contribution >= 0.6 is 0 Å². The van der Waals surface area contributed by atoms with Crippen LogP contribution in [0.15, 0.2) is 35.4 Å². The first-order valence-corrected chi connectivity index (χ1v) is 7.88. The minimum atomic E-state index is -0.580. The van der Waals surface area contributed by atoms with Crippen molar-refractivity contribution in [1.82, 2.24) is 0 Å². The molecule has 0 atom stereocenters. The largest absolute Gasteiger partial charge is 0.489 e. The van der Waals surface area contributed by atoms with Gasteiger partial charge in [-0.05, 0) is 66.2 Å². The number of nitrogens with zero attached hydrogens (tertiary/aromatic N) is 3. The molecular weight excluding hydrogens is 302 g/mol. The number of rotatable bonds is 5. The minimum absolute atomic E-state index is 0.259. The van der Waals surface area contributed by atoms with Crippen molar-refractivity contribution in [3.8, 4) is 5.75 Å². The van der Waals surface area contributed by atoms with Gasteiger partial charge in [-0.1, -0.05) is 31.2 Å². The molecule has 0 aromatic heterocycles. The number of hydrogen-bond acceptors (Lipinski definition) is 2. The highest BCUT2D eigenvalue weighted by Crippen LogP contribution is 2.25.